The summed E-state index contributed by atoms with van der Waals surface area (Å²) in [6, 6.07) is 15.6. The van der Waals surface area contributed by atoms with Gasteiger partial charge in [-0.05, 0) is 42.0 Å². The molecule has 3 aromatic rings. The van der Waals surface area contributed by atoms with Crippen molar-refractivity contribution in [3.63, 3.8) is 0 Å². The van der Waals surface area contributed by atoms with Crippen LogP contribution in [0.15, 0.2) is 66.9 Å². The van der Waals surface area contributed by atoms with E-state index >= 15 is 0 Å². The molecule has 0 unspecified atom stereocenters. The molecular formula is C22H18F3N3O2. The molecule has 1 aliphatic heterocycles. The van der Waals surface area contributed by atoms with Crippen LogP contribution in [0.4, 0.5) is 18.9 Å². The molecule has 5 nitrogen and oxygen atoms in total. The lowest BCUT2D eigenvalue weighted by molar-refractivity contribution is -0.137. The van der Waals surface area contributed by atoms with Gasteiger partial charge in [-0.3, -0.25) is 9.78 Å². The van der Waals surface area contributed by atoms with Crippen LogP contribution in [0.3, 0.4) is 0 Å². The van der Waals surface area contributed by atoms with Crippen molar-refractivity contribution < 1.29 is 22.7 Å². The molecule has 30 heavy (non-hydrogen) atoms. The van der Waals surface area contributed by atoms with Gasteiger partial charge in [-0.2, -0.15) is 13.2 Å². The molecule has 2 heterocycles. The summed E-state index contributed by atoms with van der Waals surface area (Å²) in [5.41, 5.74) is 0.668. The lowest BCUT2D eigenvalue weighted by atomic mass is 10.1. The van der Waals surface area contributed by atoms with Gasteiger partial charge >= 0.3 is 6.18 Å². The molecule has 0 spiro atoms. The first-order chi connectivity index (χ1) is 14.4. The Morgan fingerprint density at radius 3 is 2.50 bits per heavy atom. The molecule has 154 valence electrons. The third-order valence-corrected chi connectivity index (χ3v) is 4.94. The van der Waals surface area contributed by atoms with Crippen LogP contribution in [0, 0.1) is 0 Å². The minimum absolute atomic E-state index is 0.110. The highest BCUT2D eigenvalue weighted by Gasteiger charge is 2.40. The molecule has 0 saturated heterocycles. The number of nitrogens with zero attached hydrogens (tertiary/aromatic N) is 2. The van der Waals surface area contributed by atoms with E-state index in [0.29, 0.717) is 17.0 Å². The lowest BCUT2D eigenvalue weighted by Crippen LogP contribution is -2.32. The topological polar surface area (TPSA) is 54.5 Å². The summed E-state index contributed by atoms with van der Waals surface area (Å²) in [6.07, 6.45) is -3.84. The summed E-state index contributed by atoms with van der Waals surface area (Å²) >= 11 is 0. The predicted octanol–water partition coefficient (Wildman–Crippen LogP) is 4.88. The fourth-order valence-electron chi connectivity index (χ4n) is 3.48. The standard InChI is InChI=1S/C22H18F3N3O2/c1-30-15-10-8-14(9-11-15)13-28-20(19-16(21(28)29)5-4-12-26-19)27-18-7-3-2-6-17(18)22(23,24)25/h2-12,20,27H,13H2,1H3/t20-/m0/s1. The largest absolute Gasteiger partial charge is 0.497 e. The number of anilines is 1. The van der Waals surface area contributed by atoms with Gasteiger partial charge in [0.1, 0.15) is 11.9 Å². The van der Waals surface area contributed by atoms with Gasteiger partial charge in [-0.15, -0.1) is 0 Å². The summed E-state index contributed by atoms with van der Waals surface area (Å²) in [6.45, 7) is 0.199. The van der Waals surface area contributed by atoms with Crippen LogP contribution in [0.1, 0.15) is 33.3 Å². The second-order valence-corrected chi connectivity index (χ2v) is 6.81. The van der Waals surface area contributed by atoms with E-state index in [9.17, 15) is 18.0 Å². The molecule has 4 rings (SSSR count). The number of aromatic nitrogens is 1. The molecule has 1 N–H and O–H groups in total. The Kier molecular flexibility index (Phi) is 5.07. The molecule has 0 fully saturated rings. The Morgan fingerprint density at radius 1 is 1.07 bits per heavy atom. The Morgan fingerprint density at radius 2 is 1.80 bits per heavy atom. The Balaban J connectivity index is 1.70. The van der Waals surface area contributed by atoms with Crippen LogP contribution in [0.25, 0.3) is 0 Å². The number of hydrogen-bond acceptors (Lipinski definition) is 4. The fraction of sp³-hybridized carbons (Fsp3) is 0.182. The molecule has 1 aromatic heterocycles. The minimum atomic E-state index is -4.53. The van der Waals surface area contributed by atoms with Crippen molar-refractivity contribution in [1.82, 2.24) is 9.88 Å². The number of carbonyl (C=O) groups is 1. The number of pyridine rings is 1. The molecule has 1 amide bonds. The van der Waals surface area contributed by atoms with Crippen LogP contribution >= 0.6 is 0 Å². The summed E-state index contributed by atoms with van der Waals surface area (Å²) in [5.74, 6) is 0.376. The summed E-state index contributed by atoms with van der Waals surface area (Å²) in [4.78, 5) is 18.8. The highest BCUT2D eigenvalue weighted by atomic mass is 19.4. The number of methoxy groups -OCH3 is 1. The first-order valence-corrected chi connectivity index (χ1v) is 9.20. The zero-order valence-electron chi connectivity index (χ0n) is 16.0. The van der Waals surface area contributed by atoms with Crippen molar-refractivity contribution in [3.8, 4) is 5.75 Å². The van der Waals surface area contributed by atoms with Gasteiger partial charge in [0.05, 0.1) is 23.9 Å². The molecule has 0 bridgehead atoms. The van der Waals surface area contributed by atoms with E-state index in [1.807, 2.05) is 12.1 Å². The van der Waals surface area contributed by atoms with Crippen LogP contribution in [-0.4, -0.2) is 22.9 Å². The van der Waals surface area contributed by atoms with E-state index in [1.54, 1.807) is 31.4 Å². The molecule has 0 aliphatic carbocycles. The number of rotatable bonds is 5. The quantitative estimate of drug-likeness (QED) is 0.648. The number of nitrogens with one attached hydrogen (secondary N) is 1. The Labute approximate surface area is 171 Å². The summed E-state index contributed by atoms with van der Waals surface area (Å²) < 4.78 is 45.5. The smallest absolute Gasteiger partial charge is 0.418 e. The number of ether oxygens (including phenoxy) is 1. The van der Waals surface area contributed by atoms with Crippen LogP contribution in [0.2, 0.25) is 0 Å². The van der Waals surface area contributed by atoms with E-state index in [4.69, 9.17) is 4.74 Å². The van der Waals surface area contributed by atoms with Crippen molar-refractivity contribution in [2.75, 3.05) is 12.4 Å². The highest BCUT2D eigenvalue weighted by molar-refractivity contribution is 5.99. The van der Waals surface area contributed by atoms with Gasteiger partial charge in [-0.1, -0.05) is 24.3 Å². The molecule has 0 saturated carbocycles. The number of carbonyl (C=O) groups excluding carboxylic acids is 1. The number of amides is 1. The summed E-state index contributed by atoms with van der Waals surface area (Å²) in [5, 5.41) is 2.89. The van der Waals surface area contributed by atoms with Crippen molar-refractivity contribution in [2.45, 2.75) is 18.9 Å². The van der Waals surface area contributed by atoms with Crippen molar-refractivity contribution in [3.05, 3.63) is 89.2 Å². The average Bonchev–Trinajstić information content (AvgIpc) is 3.00. The van der Waals surface area contributed by atoms with Crippen LogP contribution in [-0.2, 0) is 12.7 Å². The SMILES string of the molecule is COc1ccc(CN2C(=O)c3cccnc3[C@H]2Nc2ccccc2C(F)(F)F)cc1. The first-order valence-electron chi connectivity index (χ1n) is 9.20. The van der Waals surface area contributed by atoms with Crippen molar-refractivity contribution >= 4 is 11.6 Å². The van der Waals surface area contributed by atoms with E-state index in [0.717, 1.165) is 11.6 Å². The van der Waals surface area contributed by atoms with Gasteiger partial charge in [0.2, 0.25) is 0 Å². The molecule has 2 aromatic carbocycles. The molecule has 1 aliphatic rings. The highest BCUT2D eigenvalue weighted by Crippen LogP contribution is 2.39. The third-order valence-electron chi connectivity index (χ3n) is 4.94. The Bertz CT molecular complexity index is 1070. The van der Waals surface area contributed by atoms with Crippen molar-refractivity contribution in [1.29, 1.82) is 0 Å². The maximum absolute atomic E-state index is 13.5. The molecule has 8 heteroatoms. The number of alkyl halides is 3. The first kappa shape index (κ1) is 19.8. The molecule has 0 radical (unpaired) electrons. The number of halogens is 3. The number of hydrogen-bond donors (Lipinski definition) is 1. The fourth-order valence-corrected chi connectivity index (χ4v) is 3.48. The molecular weight excluding hydrogens is 395 g/mol. The number of benzene rings is 2. The van der Waals surface area contributed by atoms with E-state index in [1.165, 1.54) is 29.3 Å². The van der Waals surface area contributed by atoms with Gasteiger partial charge in [0.15, 0.2) is 0 Å². The second-order valence-electron chi connectivity index (χ2n) is 6.81. The monoisotopic (exact) mass is 413 g/mol. The molecule has 1 atom stereocenters. The van der Waals surface area contributed by atoms with Gasteiger partial charge in [-0.25, -0.2) is 0 Å². The normalized spacial score (nSPS) is 15.8. The number of para-hydroxylation sites is 1. The van der Waals surface area contributed by atoms with Gasteiger partial charge in [0.25, 0.3) is 5.91 Å². The van der Waals surface area contributed by atoms with Crippen molar-refractivity contribution in [2.24, 2.45) is 0 Å². The van der Waals surface area contributed by atoms with Gasteiger partial charge < -0.3 is 15.0 Å². The van der Waals surface area contributed by atoms with E-state index in [-0.39, 0.29) is 18.1 Å². The zero-order chi connectivity index (χ0) is 21.3. The lowest BCUT2D eigenvalue weighted by Gasteiger charge is -2.28. The zero-order valence-corrected chi connectivity index (χ0v) is 16.0. The Hall–Kier alpha value is -3.55. The third kappa shape index (κ3) is 3.68. The van der Waals surface area contributed by atoms with E-state index in [2.05, 4.69) is 10.3 Å². The van der Waals surface area contributed by atoms with Crippen LogP contribution in [0.5, 0.6) is 5.75 Å². The minimum Gasteiger partial charge on any atom is -0.497 e. The van der Waals surface area contributed by atoms with Crippen LogP contribution < -0.4 is 10.1 Å². The number of fused-ring (bicyclic) bond motifs is 1. The second kappa shape index (κ2) is 7.70. The maximum atomic E-state index is 13.5. The maximum Gasteiger partial charge on any atom is 0.418 e. The predicted molar refractivity (Wildman–Crippen MR) is 105 cm³/mol. The summed E-state index contributed by atoms with van der Waals surface area (Å²) in [7, 11) is 1.55. The van der Waals surface area contributed by atoms with Gasteiger partial charge in [0, 0.05) is 18.4 Å². The van der Waals surface area contributed by atoms with E-state index < -0.39 is 17.9 Å². The average molecular weight is 413 g/mol.